The number of hydrogen-bond acceptors (Lipinski definition) is 3. The van der Waals surface area contributed by atoms with Crippen LogP contribution in [0.2, 0.25) is 0 Å². The first kappa shape index (κ1) is 11.5. The number of carbonyl (C=O) groups is 1. The highest BCUT2D eigenvalue weighted by Gasteiger charge is 2.21. The average molecular weight is 199 g/mol. The van der Waals surface area contributed by atoms with Crippen molar-refractivity contribution >= 4 is 5.91 Å². The third kappa shape index (κ3) is 4.07. The van der Waals surface area contributed by atoms with Gasteiger partial charge in [-0.3, -0.25) is 4.79 Å². The summed E-state index contributed by atoms with van der Waals surface area (Å²) in [7, 11) is 4.09. The zero-order chi connectivity index (χ0) is 10.4. The highest BCUT2D eigenvalue weighted by Crippen LogP contribution is 2.06. The Morgan fingerprint density at radius 3 is 2.93 bits per heavy atom. The van der Waals surface area contributed by atoms with Crippen LogP contribution in [0.25, 0.3) is 0 Å². The largest absolute Gasteiger partial charge is 0.356 e. The fourth-order valence-corrected chi connectivity index (χ4v) is 1.63. The van der Waals surface area contributed by atoms with Crippen LogP contribution in [0.3, 0.4) is 0 Å². The zero-order valence-electron chi connectivity index (χ0n) is 9.18. The molecule has 4 heteroatoms. The number of amides is 1. The van der Waals surface area contributed by atoms with Crippen molar-refractivity contribution in [3.8, 4) is 0 Å². The molecule has 0 radical (unpaired) electrons. The second-order valence-corrected chi connectivity index (χ2v) is 4.14. The molecular weight excluding hydrogens is 178 g/mol. The zero-order valence-corrected chi connectivity index (χ0v) is 9.18. The van der Waals surface area contributed by atoms with Crippen LogP contribution in [-0.2, 0) is 4.79 Å². The lowest BCUT2D eigenvalue weighted by Crippen LogP contribution is -2.33. The summed E-state index contributed by atoms with van der Waals surface area (Å²) in [5.41, 5.74) is 0. The van der Waals surface area contributed by atoms with Crippen LogP contribution in [0, 0.1) is 5.92 Å². The lowest BCUT2D eigenvalue weighted by Gasteiger charge is -2.12. The van der Waals surface area contributed by atoms with Crippen molar-refractivity contribution in [1.29, 1.82) is 0 Å². The van der Waals surface area contributed by atoms with Gasteiger partial charge in [-0.1, -0.05) is 0 Å². The van der Waals surface area contributed by atoms with E-state index in [1.807, 2.05) is 14.1 Å². The Hall–Kier alpha value is -0.610. The topological polar surface area (TPSA) is 44.4 Å². The lowest BCUT2D eigenvalue weighted by atomic mass is 10.1. The molecule has 1 amide bonds. The molecule has 0 aliphatic carbocycles. The van der Waals surface area contributed by atoms with E-state index in [4.69, 9.17) is 0 Å². The van der Waals surface area contributed by atoms with Gasteiger partial charge in [0, 0.05) is 13.1 Å². The molecule has 0 saturated carbocycles. The molecule has 1 saturated heterocycles. The maximum absolute atomic E-state index is 11.5. The lowest BCUT2D eigenvalue weighted by molar-refractivity contribution is -0.124. The quantitative estimate of drug-likeness (QED) is 0.596. The molecule has 0 aromatic rings. The van der Waals surface area contributed by atoms with Crippen molar-refractivity contribution in [2.24, 2.45) is 5.92 Å². The minimum absolute atomic E-state index is 0.203. The van der Waals surface area contributed by atoms with E-state index in [2.05, 4.69) is 15.5 Å². The monoisotopic (exact) mass is 199 g/mol. The maximum atomic E-state index is 11.5. The molecule has 4 nitrogen and oxygen atoms in total. The molecule has 1 aliphatic rings. The van der Waals surface area contributed by atoms with Gasteiger partial charge in [0.2, 0.25) is 5.91 Å². The fourth-order valence-electron chi connectivity index (χ4n) is 1.63. The number of hydrogen-bond donors (Lipinski definition) is 2. The average Bonchev–Trinajstić information content (AvgIpc) is 2.64. The molecule has 14 heavy (non-hydrogen) atoms. The van der Waals surface area contributed by atoms with Gasteiger partial charge in [0.05, 0.1) is 5.92 Å². The third-order valence-electron chi connectivity index (χ3n) is 2.51. The Morgan fingerprint density at radius 2 is 2.36 bits per heavy atom. The van der Waals surface area contributed by atoms with Crippen LogP contribution in [0.4, 0.5) is 0 Å². The minimum Gasteiger partial charge on any atom is -0.356 e. The summed E-state index contributed by atoms with van der Waals surface area (Å²) < 4.78 is 0. The van der Waals surface area contributed by atoms with Gasteiger partial charge in [-0.25, -0.2) is 0 Å². The predicted molar refractivity (Wildman–Crippen MR) is 57.2 cm³/mol. The molecule has 0 spiro atoms. The van der Waals surface area contributed by atoms with Crippen molar-refractivity contribution in [3.05, 3.63) is 0 Å². The first-order valence-electron chi connectivity index (χ1n) is 5.33. The van der Waals surface area contributed by atoms with Crippen LogP contribution >= 0.6 is 0 Å². The van der Waals surface area contributed by atoms with Crippen molar-refractivity contribution < 1.29 is 4.79 Å². The molecular formula is C10H21N3O. The van der Waals surface area contributed by atoms with Gasteiger partial charge in [-0.05, 0) is 40.0 Å². The van der Waals surface area contributed by atoms with Gasteiger partial charge in [0.15, 0.2) is 0 Å². The summed E-state index contributed by atoms with van der Waals surface area (Å²) in [6.45, 7) is 3.66. The number of rotatable bonds is 5. The Bertz CT molecular complexity index is 176. The summed E-state index contributed by atoms with van der Waals surface area (Å²) in [5.74, 6) is 0.420. The molecule has 1 rings (SSSR count). The molecule has 0 aromatic heterocycles. The molecule has 1 fully saturated rings. The number of carbonyl (C=O) groups excluding carboxylic acids is 1. The van der Waals surface area contributed by atoms with Gasteiger partial charge < -0.3 is 15.5 Å². The van der Waals surface area contributed by atoms with Crippen molar-refractivity contribution in [1.82, 2.24) is 15.5 Å². The van der Waals surface area contributed by atoms with Crippen LogP contribution in [0.5, 0.6) is 0 Å². The smallest absolute Gasteiger partial charge is 0.224 e. The predicted octanol–water partition coefficient (Wildman–Crippen LogP) is -0.336. The van der Waals surface area contributed by atoms with Gasteiger partial charge in [-0.2, -0.15) is 0 Å². The Kier molecular flexibility index (Phi) is 4.90. The van der Waals surface area contributed by atoms with Crippen LogP contribution in [0.1, 0.15) is 12.8 Å². The standard InChI is InChI=1S/C10H21N3O/c1-13(2)7-3-5-12-10(14)9-4-6-11-8-9/h9,11H,3-8H2,1-2H3,(H,12,14). The van der Waals surface area contributed by atoms with E-state index in [-0.39, 0.29) is 11.8 Å². The Morgan fingerprint density at radius 1 is 1.57 bits per heavy atom. The van der Waals surface area contributed by atoms with Gasteiger partial charge >= 0.3 is 0 Å². The van der Waals surface area contributed by atoms with E-state index < -0.39 is 0 Å². The second kappa shape index (κ2) is 5.98. The highest BCUT2D eigenvalue weighted by molar-refractivity contribution is 5.79. The van der Waals surface area contributed by atoms with Gasteiger partial charge in [-0.15, -0.1) is 0 Å². The first-order valence-corrected chi connectivity index (χ1v) is 5.33. The van der Waals surface area contributed by atoms with Gasteiger partial charge in [0.1, 0.15) is 0 Å². The third-order valence-corrected chi connectivity index (χ3v) is 2.51. The molecule has 0 bridgehead atoms. The summed E-state index contributed by atoms with van der Waals surface area (Å²) in [6, 6.07) is 0. The van der Waals surface area contributed by atoms with Crippen LogP contribution < -0.4 is 10.6 Å². The molecule has 1 heterocycles. The Labute approximate surface area is 86.0 Å². The molecule has 2 N–H and O–H groups in total. The second-order valence-electron chi connectivity index (χ2n) is 4.14. The van der Waals surface area contributed by atoms with Crippen molar-refractivity contribution in [2.45, 2.75) is 12.8 Å². The Balaban J connectivity index is 2.03. The molecule has 1 aliphatic heterocycles. The molecule has 0 aromatic carbocycles. The first-order chi connectivity index (χ1) is 6.70. The summed E-state index contributed by atoms with van der Waals surface area (Å²) in [5, 5.41) is 6.17. The summed E-state index contributed by atoms with van der Waals surface area (Å²) >= 11 is 0. The highest BCUT2D eigenvalue weighted by atomic mass is 16.1. The maximum Gasteiger partial charge on any atom is 0.224 e. The van der Waals surface area contributed by atoms with E-state index in [0.717, 1.165) is 39.0 Å². The van der Waals surface area contributed by atoms with E-state index in [1.165, 1.54) is 0 Å². The van der Waals surface area contributed by atoms with E-state index in [9.17, 15) is 4.79 Å². The molecule has 82 valence electrons. The normalized spacial score (nSPS) is 21.5. The van der Waals surface area contributed by atoms with Gasteiger partial charge in [0.25, 0.3) is 0 Å². The van der Waals surface area contributed by atoms with E-state index >= 15 is 0 Å². The molecule has 1 atom stereocenters. The minimum atomic E-state index is 0.203. The summed E-state index contributed by atoms with van der Waals surface area (Å²) in [6.07, 6.45) is 2.01. The van der Waals surface area contributed by atoms with Crippen molar-refractivity contribution in [3.63, 3.8) is 0 Å². The van der Waals surface area contributed by atoms with Crippen LogP contribution in [-0.4, -0.2) is 51.1 Å². The molecule has 1 unspecified atom stereocenters. The van der Waals surface area contributed by atoms with Crippen LogP contribution in [0.15, 0.2) is 0 Å². The van der Waals surface area contributed by atoms with E-state index in [0.29, 0.717) is 0 Å². The summed E-state index contributed by atoms with van der Waals surface area (Å²) in [4.78, 5) is 13.7. The van der Waals surface area contributed by atoms with E-state index in [1.54, 1.807) is 0 Å². The number of nitrogens with zero attached hydrogens (tertiary/aromatic N) is 1. The fraction of sp³-hybridized carbons (Fsp3) is 0.900. The SMILES string of the molecule is CN(C)CCCNC(=O)C1CCNC1. The number of nitrogens with one attached hydrogen (secondary N) is 2. The van der Waals surface area contributed by atoms with Crippen molar-refractivity contribution in [2.75, 3.05) is 40.3 Å².